The number of carbonyl (C=O) groups is 2. The van der Waals surface area contributed by atoms with E-state index in [9.17, 15) is 27.9 Å². The van der Waals surface area contributed by atoms with E-state index in [0.29, 0.717) is 38.1 Å². The molecule has 0 aromatic heterocycles. The van der Waals surface area contributed by atoms with Gasteiger partial charge < -0.3 is 15.3 Å². The molecule has 0 bridgehead atoms. The first kappa shape index (κ1) is 18.3. The Balaban J connectivity index is 2.01. The van der Waals surface area contributed by atoms with Gasteiger partial charge in [0.05, 0.1) is 5.69 Å². The van der Waals surface area contributed by atoms with E-state index in [1.807, 2.05) is 12.2 Å². The van der Waals surface area contributed by atoms with Gasteiger partial charge in [0.1, 0.15) is 5.82 Å². The van der Waals surface area contributed by atoms with Crippen molar-refractivity contribution < 1.29 is 27.9 Å². The molecule has 1 fully saturated rings. The number of hydrogen-bond acceptors (Lipinski definition) is 3. The maximum Gasteiger partial charge on any atom is 0.313 e. The summed E-state index contributed by atoms with van der Waals surface area (Å²) in [6.07, 6.45) is 1.87. The largest absolute Gasteiger partial charge is 0.396 e. The lowest BCUT2D eigenvalue weighted by atomic mass is 9.77. The highest BCUT2D eigenvalue weighted by atomic mass is 19.2. The van der Waals surface area contributed by atoms with Gasteiger partial charge in [-0.1, -0.05) is 6.92 Å². The number of likely N-dealkylation sites (tertiary alicyclic amines) is 1. The lowest BCUT2D eigenvalue weighted by Crippen LogP contribution is -2.48. The number of halogens is 3. The van der Waals surface area contributed by atoms with Crippen LogP contribution < -0.4 is 5.32 Å². The first-order valence-corrected chi connectivity index (χ1v) is 7.67. The predicted molar refractivity (Wildman–Crippen MR) is 80.6 cm³/mol. The normalized spacial score (nSPS) is 16.8. The Bertz CT molecular complexity index is 638. The molecule has 5 nitrogen and oxygen atoms in total. The Kier molecular flexibility index (Phi) is 5.48. The monoisotopic (exact) mass is 344 g/mol. The molecule has 24 heavy (non-hydrogen) atoms. The summed E-state index contributed by atoms with van der Waals surface area (Å²) in [4.78, 5) is 25.3. The number of aliphatic hydroxyl groups excluding tert-OH is 1. The van der Waals surface area contributed by atoms with Crippen LogP contribution >= 0.6 is 0 Å². The summed E-state index contributed by atoms with van der Waals surface area (Å²) in [5, 5.41) is 11.4. The van der Waals surface area contributed by atoms with Crippen LogP contribution in [0.3, 0.4) is 0 Å². The summed E-state index contributed by atoms with van der Waals surface area (Å²) in [5.41, 5.74) is -0.845. The van der Waals surface area contributed by atoms with E-state index in [1.165, 1.54) is 4.90 Å². The van der Waals surface area contributed by atoms with Gasteiger partial charge in [-0.3, -0.25) is 9.59 Å². The second-order valence-electron chi connectivity index (χ2n) is 6.00. The lowest BCUT2D eigenvalue weighted by Gasteiger charge is -2.39. The Morgan fingerprint density at radius 1 is 1.17 bits per heavy atom. The maximum absolute atomic E-state index is 13.5. The van der Waals surface area contributed by atoms with Crippen molar-refractivity contribution in [3.8, 4) is 0 Å². The summed E-state index contributed by atoms with van der Waals surface area (Å²) in [7, 11) is 0. The van der Waals surface area contributed by atoms with Crippen molar-refractivity contribution in [1.82, 2.24) is 4.90 Å². The van der Waals surface area contributed by atoms with Gasteiger partial charge in [-0.15, -0.1) is 0 Å². The molecule has 2 amide bonds. The average molecular weight is 344 g/mol. The first-order valence-electron chi connectivity index (χ1n) is 7.67. The summed E-state index contributed by atoms with van der Waals surface area (Å²) >= 11 is 0. The number of rotatable bonds is 3. The van der Waals surface area contributed by atoms with Crippen molar-refractivity contribution in [3.05, 3.63) is 29.6 Å². The number of piperidine rings is 1. The quantitative estimate of drug-likeness (QED) is 0.651. The molecular weight excluding hydrogens is 325 g/mol. The molecule has 132 valence electrons. The highest BCUT2D eigenvalue weighted by molar-refractivity contribution is 6.39. The molecule has 0 radical (unpaired) electrons. The molecule has 1 heterocycles. The van der Waals surface area contributed by atoms with E-state index >= 15 is 0 Å². The van der Waals surface area contributed by atoms with Crippen LogP contribution in [0.4, 0.5) is 18.9 Å². The fraction of sp³-hybridized carbons (Fsp3) is 0.500. The van der Waals surface area contributed by atoms with Gasteiger partial charge in [0.25, 0.3) is 0 Å². The van der Waals surface area contributed by atoms with Crippen molar-refractivity contribution in [1.29, 1.82) is 0 Å². The molecule has 2 rings (SSSR count). The van der Waals surface area contributed by atoms with Gasteiger partial charge in [-0.05, 0) is 24.7 Å². The van der Waals surface area contributed by atoms with E-state index in [2.05, 4.69) is 0 Å². The number of benzene rings is 1. The Labute approximate surface area is 137 Å². The molecule has 1 saturated heterocycles. The fourth-order valence-corrected chi connectivity index (χ4v) is 2.75. The minimum Gasteiger partial charge on any atom is -0.396 e. The zero-order valence-corrected chi connectivity index (χ0v) is 13.2. The minimum atomic E-state index is -1.38. The Morgan fingerprint density at radius 2 is 1.75 bits per heavy atom. The summed E-state index contributed by atoms with van der Waals surface area (Å²) in [6.45, 7) is 2.55. The number of carbonyl (C=O) groups excluding carboxylic acids is 2. The van der Waals surface area contributed by atoms with Crippen molar-refractivity contribution in [3.63, 3.8) is 0 Å². The molecule has 0 unspecified atom stereocenters. The number of aliphatic hydroxyl groups is 1. The van der Waals surface area contributed by atoms with E-state index < -0.39 is 35.0 Å². The smallest absolute Gasteiger partial charge is 0.313 e. The minimum absolute atomic E-state index is 0.0117. The Hall–Kier alpha value is -2.09. The van der Waals surface area contributed by atoms with Crippen LogP contribution in [0.5, 0.6) is 0 Å². The number of nitrogens with zero attached hydrogens (tertiary/aromatic N) is 1. The molecule has 0 saturated carbocycles. The summed E-state index contributed by atoms with van der Waals surface area (Å²) < 4.78 is 39.5. The molecule has 0 spiro atoms. The molecule has 1 aromatic carbocycles. The third-order valence-corrected chi connectivity index (χ3v) is 4.65. The topological polar surface area (TPSA) is 69.6 Å². The van der Waals surface area contributed by atoms with Crippen LogP contribution in [0.2, 0.25) is 0 Å². The number of nitrogens with one attached hydrogen (secondary N) is 1. The van der Waals surface area contributed by atoms with E-state index in [4.69, 9.17) is 0 Å². The highest BCUT2D eigenvalue weighted by Crippen LogP contribution is 2.34. The second-order valence-corrected chi connectivity index (χ2v) is 6.00. The molecule has 2 N–H and O–H groups in total. The van der Waals surface area contributed by atoms with Crippen molar-refractivity contribution >= 4 is 17.5 Å². The lowest BCUT2D eigenvalue weighted by molar-refractivity contribution is -0.145. The number of hydrogen-bond donors (Lipinski definition) is 2. The summed E-state index contributed by atoms with van der Waals surface area (Å²) in [6, 6.07) is 0.785. The molecule has 8 heteroatoms. The number of anilines is 1. The second kappa shape index (κ2) is 7.21. The molecule has 1 aliphatic rings. The fourth-order valence-electron chi connectivity index (χ4n) is 2.75. The van der Waals surface area contributed by atoms with Crippen LogP contribution in [0.15, 0.2) is 12.1 Å². The summed E-state index contributed by atoms with van der Waals surface area (Å²) in [5.74, 6) is -5.87. The third-order valence-electron chi connectivity index (χ3n) is 4.65. The van der Waals surface area contributed by atoms with Gasteiger partial charge in [-0.25, -0.2) is 13.2 Å². The van der Waals surface area contributed by atoms with Gasteiger partial charge in [0, 0.05) is 31.8 Å². The molecule has 1 aromatic rings. The van der Waals surface area contributed by atoms with E-state index in [-0.39, 0.29) is 12.0 Å². The predicted octanol–water partition coefficient (Wildman–Crippen LogP) is 2.05. The van der Waals surface area contributed by atoms with Crippen molar-refractivity contribution in [2.45, 2.75) is 26.2 Å². The zero-order chi connectivity index (χ0) is 17.9. The van der Waals surface area contributed by atoms with Crippen molar-refractivity contribution in [2.24, 2.45) is 5.41 Å². The highest BCUT2D eigenvalue weighted by Gasteiger charge is 2.35. The first-order chi connectivity index (χ1) is 11.3. The standard InChI is InChI=1S/C16H19F3N2O3/c1-2-16(9-22)3-5-21(6-4-16)15(24)14(23)20-13-8-11(18)10(17)7-12(13)19/h7-8,22H,2-6,9H2,1H3,(H,20,23). The van der Waals surface area contributed by atoms with Crippen LogP contribution in [0.25, 0.3) is 0 Å². The number of amides is 2. The zero-order valence-electron chi connectivity index (χ0n) is 13.2. The van der Waals surface area contributed by atoms with Gasteiger partial charge in [0.2, 0.25) is 0 Å². The van der Waals surface area contributed by atoms with Crippen LogP contribution in [-0.2, 0) is 9.59 Å². The molecule has 0 atom stereocenters. The molecular formula is C16H19F3N2O3. The van der Waals surface area contributed by atoms with Gasteiger partial charge in [0.15, 0.2) is 11.6 Å². The maximum atomic E-state index is 13.5. The van der Waals surface area contributed by atoms with Gasteiger partial charge in [-0.2, -0.15) is 0 Å². The van der Waals surface area contributed by atoms with Crippen LogP contribution in [-0.4, -0.2) is 41.5 Å². The molecule has 0 aliphatic carbocycles. The third kappa shape index (κ3) is 3.69. The average Bonchev–Trinajstić information content (AvgIpc) is 2.59. The van der Waals surface area contributed by atoms with E-state index in [1.54, 1.807) is 0 Å². The van der Waals surface area contributed by atoms with Crippen molar-refractivity contribution in [2.75, 3.05) is 25.0 Å². The SMILES string of the molecule is CCC1(CO)CCN(C(=O)C(=O)Nc2cc(F)c(F)cc2F)CC1. The van der Waals surface area contributed by atoms with Gasteiger partial charge >= 0.3 is 11.8 Å². The van der Waals surface area contributed by atoms with E-state index in [0.717, 1.165) is 6.42 Å². The Morgan fingerprint density at radius 3 is 2.29 bits per heavy atom. The molecule has 1 aliphatic heterocycles. The van der Waals surface area contributed by atoms with Crippen LogP contribution in [0.1, 0.15) is 26.2 Å². The van der Waals surface area contributed by atoms with Crippen LogP contribution in [0, 0.1) is 22.9 Å².